The van der Waals surface area contributed by atoms with Crippen molar-refractivity contribution in [3.63, 3.8) is 0 Å². The number of carbonyl (C=O) groups excluding carboxylic acids is 1. The normalized spacial score (nSPS) is 18.1. The molecule has 0 spiro atoms. The Kier molecular flexibility index (Phi) is 6.56. The third-order valence-corrected chi connectivity index (χ3v) is 4.26. The fourth-order valence-corrected chi connectivity index (χ4v) is 3.10. The number of nitrogens with one attached hydrogen (secondary N) is 1. The lowest BCUT2D eigenvalue weighted by molar-refractivity contribution is -0.134. The van der Waals surface area contributed by atoms with Gasteiger partial charge in [-0.25, -0.2) is 0 Å². The number of ether oxygens (including phenoxy) is 1. The van der Waals surface area contributed by atoms with Crippen molar-refractivity contribution in [3.05, 3.63) is 24.3 Å². The molecule has 4 nitrogen and oxygen atoms in total. The molecule has 1 aliphatic rings. The molecule has 0 aromatic heterocycles. The van der Waals surface area contributed by atoms with Gasteiger partial charge >= 0.3 is 0 Å². The number of carbonyl (C=O) groups is 1. The van der Waals surface area contributed by atoms with Gasteiger partial charge in [0.1, 0.15) is 5.75 Å². The Morgan fingerprint density at radius 1 is 1.32 bits per heavy atom. The summed E-state index contributed by atoms with van der Waals surface area (Å²) in [5, 5.41) is 3.33. The van der Waals surface area contributed by atoms with Crippen LogP contribution in [0.4, 0.5) is 5.69 Å². The highest BCUT2D eigenvalue weighted by Gasteiger charge is 2.24. The van der Waals surface area contributed by atoms with Gasteiger partial charge in [0, 0.05) is 25.6 Å². The van der Waals surface area contributed by atoms with Crippen LogP contribution in [-0.2, 0) is 4.79 Å². The fraction of sp³-hybridized carbons (Fsp3) is 0.611. The van der Waals surface area contributed by atoms with Gasteiger partial charge < -0.3 is 15.0 Å². The summed E-state index contributed by atoms with van der Waals surface area (Å²) < 4.78 is 5.59. The molecule has 2 rings (SSSR count). The van der Waals surface area contributed by atoms with Crippen LogP contribution in [0, 0.1) is 0 Å². The largest absolute Gasteiger partial charge is 0.492 e. The molecule has 22 heavy (non-hydrogen) atoms. The van der Waals surface area contributed by atoms with Crippen molar-refractivity contribution in [2.75, 3.05) is 25.0 Å². The van der Waals surface area contributed by atoms with Crippen LogP contribution in [0.1, 0.15) is 46.0 Å². The van der Waals surface area contributed by atoms with Crippen LogP contribution in [0.2, 0.25) is 0 Å². The zero-order valence-corrected chi connectivity index (χ0v) is 13.8. The molecule has 1 aliphatic heterocycles. The van der Waals surface area contributed by atoms with Crippen LogP contribution < -0.4 is 10.1 Å². The minimum atomic E-state index is 0.271. The molecule has 122 valence electrons. The van der Waals surface area contributed by atoms with Crippen molar-refractivity contribution in [2.24, 2.45) is 0 Å². The van der Waals surface area contributed by atoms with Crippen LogP contribution in [0.5, 0.6) is 5.75 Å². The summed E-state index contributed by atoms with van der Waals surface area (Å²) in [6.45, 7) is 6.36. The standard InChI is InChI=1S/C18H28N2O2/c1-3-15-9-7-8-14-20(15)18(21)12-13-19-16-10-5-6-11-17(16)22-4-2/h5-6,10-11,15,19H,3-4,7-9,12-14H2,1-2H3. The van der Waals surface area contributed by atoms with E-state index in [1.54, 1.807) is 0 Å². The maximum Gasteiger partial charge on any atom is 0.224 e. The van der Waals surface area contributed by atoms with Gasteiger partial charge in [0.05, 0.1) is 12.3 Å². The molecule has 1 heterocycles. The minimum absolute atomic E-state index is 0.271. The van der Waals surface area contributed by atoms with Crippen LogP contribution in [0.25, 0.3) is 0 Å². The first kappa shape index (κ1) is 16.7. The second kappa shape index (κ2) is 8.66. The first-order chi connectivity index (χ1) is 10.8. The first-order valence-electron chi connectivity index (χ1n) is 8.51. The SMILES string of the molecule is CCOc1ccccc1NCCC(=O)N1CCCCC1CC. The second-order valence-corrected chi connectivity index (χ2v) is 5.75. The van der Waals surface area contributed by atoms with Crippen LogP contribution >= 0.6 is 0 Å². The second-order valence-electron chi connectivity index (χ2n) is 5.75. The van der Waals surface area contributed by atoms with Gasteiger partial charge in [0.25, 0.3) is 0 Å². The molecule has 0 saturated carbocycles. The van der Waals surface area contributed by atoms with E-state index in [0.29, 0.717) is 25.6 Å². The lowest BCUT2D eigenvalue weighted by atomic mass is 9.99. The minimum Gasteiger partial charge on any atom is -0.492 e. The molecule has 1 aromatic carbocycles. The summed E-state index contributed by atoms with van der Waals surface area (Å²) >= 11 is 0. The van der Waals surface area contributed by atoms with Gasteiger partial charge in [-0.1, -0.05) is 19.1 Å². The number of likely N-dealkylation sites (tertiary alicyclic amines) is 1. The van der Waals surface area contributed by atoms with E-state index >= 15 is 0 Å². The molecule has 4 heteroatoms. The number of piperidine rings is 1. The van der Waals surface area contributed by atoms with Crippen molar-refractivity contribution in [1.82, 2.24) is 4.90 Å². The Morgan fingerprint density at radius 3 is 2.91 bits per heavy atom. The Bertz CT molecular complexity index is 476. The molecule has 1 unspecified atom stereocenters. The number of hydrogen-bond acceptors (Lipinski definition) is 3. The molecule has 1 fully saturated rings. The number of hydrogen-bond donors (Lipinski definition) is 1. The fourth-order valence-electron chi connectivity index (χ4n) is 3.10. The lowest BCUT2D eigenvalue weighted by Crippen LogP contribution is -2.43. The van der Waals surface area contributed by atoms with Crippen LogP contribution in [0.3, 0.4) is 0 Å². The summed E-state index contributed by atoms with van der Waals surface area (Å²) in [6.07, 6.45) is 5.15. The summed E-state index contributed by atoms with van der Waals surface area (Å²) in [5.41, 5.74) is 0.961. The molecule has 0 bridgehead atoms. The number of para-hydroxylation sites is 2. The van der Waals surface area contributed by atoms with E-state index in [1.807, 2.05) is 31.2 Å². The molecule has 1 N–H and O–H groups in total. The van der Waals surface area contributed by atoms with Gasteiger partial charge in [-0.2, -0.15) is 0 Å². The monoisotopic (exact) mass is 304 g/mol. The maximum atomic E-state index is 12.4. The van der Waals surface area contributed by atoms with Gasteiger partial charge in [0.2, 0.25) is 5.91 Å². The summed E-state index contributed by atoms with van der Waals surface area (Å²) in [5.74, 6) is 1.12. The van der Waals surface area contributed by atoms with E-state index in [-0.39, 0.29) is 5.91 Å². The van der Waals surface area contributed by atoms with E-state index in [9.17, 15) is 4.79 Å². The molecule has 1 amide bonds. The van der Waals surface area contributed by atoms with E-state index < -0.39 is 0 Å². The van der Waals surface area contributed by atoms with Crippen molar-refractivity contribution in [1.29, 1.82) is 0 Å². The van der Waals surface area contributed by atoms with Crippen molar-refractivity contribution < 1.29 is 9.53 Å². The smallest absolute Gasteiger partial charge is 0.224 e. The summed E-state index contributed by atoms with van der Waals surface area (Å²) in [7, 11) is 0. The Labute approximate surface area is 133 Å². The first-order valence-corrected chi connectivity index (χ1v) is 8.51. The number of benzene rings is 1. The van der Waals surface area contributed by atoms with E-state index in [1.165, 1.54) is 6.42 Å². The zero-order chi connectivity index (χ0) is 15.8. The van der Waals surface area contributed by atoms with Gasteiger partial charge in [0.15, 0.2) is 0 Å². The average molecular weight is 304 g/mol. The van der Waals surface area contributed by atoms with Crippen molar-refractivity contribution >= 4 is 11.6 Å². The van der Waals surface area contributed by atoms with Gasteiger partial charge in [-0.15, -0.1) is 0 Å². The number of nitrogens with zero attached hydrogens (tertiary/aromatic N) is 1. The van der Waals surface area contributed by atoms with Crippen LogP contribution in [0.15, 0.2) is 24.3 Å². The summed E-state index contributed by atoms with van der Waals surface area (Å²) in [6, 6.07) is 8.32. The Hall–Kier alpha value is -1.71. The predicted octanol–water partition coefficient (Wildman–Crippen LogP) is 3.68. The van der Waals surface area contributed by atoms with Crippen molar-refractivity contribution in [2.45, 2.75) is 52.0 Å². The van der Waals surface area contributed by atoms with Crippen LogP contribution in [-0.4, -0.2) is 36.5 Å². The van der Waals surface area contributed by atoms with Gasteiger partial charge in [-0.3, -0.25) is 4.79 Å². The molecule has 0 radical (unpaired) electrons. The quantitative estimate of drug-likeness (QED) is 0.835. The molecule has 1 saturated heterocycles. The number of anilines is 1. The van der Waals surface area contributed by atoms with E-state index in [0.717, 1.165) is 37.2 Å². The molecule has 1 aromatic rings. The average Bonchev–Trinajstić information content (AvgIpc) is 2.56. The Morgan fingerprint density at radius 2 is 2.14 bits per heavy atom. The number of rotatable bonds is 7. The molecule has 0 aliphatic carbocycles. The third-order valence-electron chi connectivity index (χ3n) is 4.26. The molecular weight excluding hydrogens is 276 g/mol. The van der Waals surface area contributed by atoms with Gasteiger partial charge in [-0.05, 0) is 44.7 Å². The highest BCUT2D eigenvalue weighted by atomic mass is 16.5. The van der Waals surface area contributed by atoms with Crippen molar-refractivity contribution in [3.8, 4) is 5.75 Å². The highest BCUT2D eigenvalue weighted by Crippen LogP contribution is 2.24. The third kappa shape index (κ3) is 4.39. The zero-order valence-electron chi connectivity index (χ0n) is 13.8. The predicted molar refractivity (Wildman–Crippen MR) is 90.4 cm³/mol. The Balaban J connectivity index is 1.84. The molecular formula is C18H28N2O2. The van der Waals surface area contributed by atoms with E-state index in [4.69, 9.17) is 4.74 Å². The maximum absolute atomic E-state index is 12.4. The van der Waals surface area contributed by atoms with E-state index in [2.05, 4.69) is 17.1 Å². The number of amides is 1. The summed E-state index contributed by atoms with van der Waals surface area (Å²) in [4.78, 5) is 14.5. The highest BCUT2D eigenvalue weighted by molar-refractivity contribution is 5.77. The lowest BCUT2D eigenvalue weighted by Gasteiger charge is -2.35. The molecule has 1 atom stereocenters. The topological polar surface area (TPSA) is 41.6 Å².